The van der Waals surface area contributed by atoms with Gasteiger partial charge in [0.05, 0.1) is 10.4 Å². The number of likely N-dealkylation sites (tertiary alicyclic amines) is 1. The zero-order valence-electron chi connectivity index (χ0n) is 21.9. The Hall–Kier alpha value is -2.71. The van der Waals surface area contributed by atoms with Crippen LogP contribution in [-0.4, -0.2) is 68.7 Å². The highest BCUT2D eigenvalue weighted by molar-refractivity contribution is 7.89. The number of hydrogen-bond donors (Lipinski definition) is 0. The predicted octanol–water partition coefficient (Wildman–Crippen LogP) is 5.21. The molecule has 0 aliphatic carbocycles. The third kappa shape index (κ3) is 5.00. The van der Waals surface area contributed by atoms with Gasteiger partial charge in [0.15, 0.2) is 0 Å². The summed E-state index contributed by atoms with van der Waals surface area (Å²) in [7, 11) is -0.0266. The van der Waals surface area contributed by atoms with Gasteiger partial charge in [-0.25, -0.2) is 12.7 Å². The van der Waals surface area contributed by atoms with Crippen LogP contribution in [0.2, 0.25) is 5.02 Å². The summed E-state index contributed by atoms with van der Waals surface area (Å²) in [5.74, 6) is 0.0993. The van der Waals surface area contributed by atoms with Crippen molar-refractivity contribution in [3.8, 4) is 0 Å². The molecule has 0 bridgehead atoms. The first-order valence-electron chi connectivity index (χ1n) is 13.1. The number of rotatable bonds is 8. The van der Waals surface area contributed by atoms with Gasteiger partial charge in [-0.05, 0) is 73.2 Å². The van der Waals surface area contributed by atoms with E-state index in [1.807, 2.05) is 60.5 Å². The highest BCUT2D eigenvalue weighted by Gasteiger charge is 2.48. The number of halogens is 1. The Bertz CT molecular complexity index is 1410. The zero-order chi connectivity index (χ0) is 26.9. The largest absolute Gasteiger partial charge is 0.332 e. The lowest BCUT2D eigenvalue weighted by Crippen LogP contribution is -2.50. The molecule has 3 aromatic carbocycles. The Labute approximate surface area is 230 Å². The van der Waals surface area contributed by atoms with Gasteiger partial charge in [0.2, 0.25) is 10.0 Å². The topological polar surface area (TPSA) is 60.9 Å². The predicted molar refractivity (Wildman–Crippen MR) is 151 cm³/mol. The minimum absolute atomic E-state index is 0.00969. The number of hydrogen-bond acceptors (Lipinski definition) is 4. The maximum Gasteiger partial charge on any atom is 0.254 e. The molecule has 2 heterocycles. The quantitative estimate of drug-likeness (QED) is 0.385. The van der Waals surface area contributed by atoms with E-state index in [1.54, 1.807) is 31.3 Å². The van der Waals surface area contributed by atoms with Crippen molar-refractivity contribution in [2.24, 2.45) is 0 Å². The molecule has 1 saturated heterocycles. The van der Waals surface area contributed by atoms with E-state index in [9.17, 15) is 13.2 Å². The molecule has 0 radical (unpaired) electrons. The number of sulfonamides is 1. The van der Waals surface area contributed by atoms with E-state index < -0.39 is 10.0 Å². The third-order valence-corrected chi connectivity index (χ3v) is 10.4. The van der Waals surface area contributed by atoms with Crippen LogP contribution >= 0.6 is 11.6 Å². The summed E-state index contributed by atoms with van der Waals surface area (Å²) in [4.78, 5) is 17.6. The van der Waals surface area contributed by atoms with E-state index in [0.717, 1.165) is 55.6 Å². The van der Waals surface area contributed by atoms with Crippen molar-refractivity contribution in [2.45, 2.75) is 35.6 Å². The average Bonchev–Trinajstić information content (AvgIpc) is 3.14. The molecular formula is C30H34ClN3O3S. The average molecular weight is 552 g/mol. The van der Waals surface area contributed by atoms with E-state index in [1.165, 1.54) is 4.31 Å². The summed E-state index contributed by atoms with van der Waals surface area (Å²) in [6, 6.07) is 24.3. The van der Waals surface area contributed by atoms with E-state index in [4.69, 9.17) is 11.6 Å². The van der Waals surface area contributed by atoms with Crippen molar-refractivity contribution in [2.75, 3.05) is 40.3 Å². The minimum Gasteiger partial charge on any atom is -0.332 e. The van der Waals surface area contributed by atoms with Gasteiger partial charge in [0, 0.05) is 44.3 Å². The lowest BCUT2D eigenvalue weighted by Gasteiger charge is -2.44. The molecule has 2 aliphatic rings. The van der Waals surface area contributed by atoms with Crippen LogP contribution in [0.15, 0.2) is 83.8 Å². The molecule has 1 unspecified atom stereocenters. The van der Waals surface area contributed by atoms with Crippen molar-refractivity contribution in [3.63, 3.8) is 0 Å². The molecule has 1 amide bonds. The first-order valence-corrected chi connectivity index (χ1v) is 14.9. The van der Waals surface area contributed by atoms with Crippen molar-refractivity contribution in [3.05, 3.63) is 101 Å². The van der Waals surface area contributed by atoms with Crippen LogP contribution in [0.1, 0.15) is 46.7 Å². The number of likely N-dealkylation sites (N-methyl/N-ethyl adjacent to an activating group) is 1. The molecule has 38 heavy (non-hydrogen) atoms. The highest BCUT2D eigenvalue weighted by atomic mass is 35.5. The van der Waals surface area contributed by atoms with Crippen LogP contribution in [0.4, 0.5) is 0 Å². The Kier molecular flexibility index (Phi) is 7.65. The fourth-order valence-corrected chi connectivity index (χ4v) is 7.46. The summed E-state index contributed by atoms with van der Waals surface area (Å²) in [5.41, 5.74) is 2.78. The lowest BCUT2D eigenvalue weighted by molar-refractivity contribution is 0.0376. The van der Waals surface area contributed by atoms with Crippen LogP contribution < -0.4 is 0 Å². The molecule has 5 rings (SSSR count). The molecule has 0 aromatic heterocycles. The number of amides is 1. The van der Waals surface area contributed by atoms with Gasteiger partial charge in [0.1, 0.15) is 0 Å². The molecule has 2 aliphatic heterocycles. The van der Waals surface area contributed by atoms with Gasteiger partial charge in [-0.2, -0.15) is 0 Å². The lowest BCUT2D eigenvalue weighted by atomic mass is 9.81. The first-order chi connectivity index (χ1) is 18.2. The second-order valence-electron chi connectivity index (χ2n) is 10.4. The van der Waals surface area contributed by atoms with E-state index in [2.05, 4.69) is 11.0 Å². The number of piperidine rings is 1. The fraction of sp³-hybridized carbons (Fsp3) is 0.367. The molecular weight excluding hydrogens is 518 g/mol. The van der Waals surface area contributed by atoms with Crippen molar-refractivity contribution in [1.82, 2.24) is 14.1 Å². The van der Waals surface area contributed by atoms with Crippen LogP contribution in [0.3, 0.4) is 0 Å². The molecule has 1 atom stereocenters. The normalized spacial score (nSPS) is 18.2. The van der Waals surface area contributed by atoms with Crippen LogP contribution in [0.5, 0.6) is 0 Å². The molecule has 1 spiro atoms. The SMILES string of the molecule is CN1C(=O)c2ccccc2C12CCN(CCC(CN(C)S(=O)(=O)c1ccccc1)c1cccc(Cl)c1)CC2. The third-order valence-electron chi connectivity index (χ3n) is 8.33. The number of carbonyl (C=O) groups excluding carboxylic acids is 1. The second kappa shape index (κ2) is 10.8. The highest BCUT2D eigenvalue weighted by Crippen LogP contribution is 2.45. The number of carbonyl (C=O) groups is 1. The first kappa shape index (κ1) is 26.9. The van der Waals surface area contributed by atoms with Gasteiger partial charge in [-0.1, -0.05) is 60.1 Å². The summed E-state index contributed by atoms with van der Waals surface area (Å²) in [5, 5.41) is 0.647. The van der Waals surface area contributed by atoms with Gasteiger partial charge < -0.3 is 9.80 Å². The standard InChI is InChI=1S/C30H34ClN3O3S/c1-32(38(36,37)26-11-4-3-5-12-26)22-24(23-9-8-10-25(31)21-23)15-18-34-19-16-30(17-20-34)28-14-7-6-13-27(28)29(35)33(30)2/h3-14,21,24H,15-20,22H2,1-2H3. The number of fused-ring (bicyclic) bond motifs is 2. The Balaban J connectivity index is 1.29. The summed E-state index contributed by atoms with van der Waals surface area (Å²) in [6.07, 6.45) is 2.57. The summed E-state index contributed by atoms with van der Waals surface area (Å²) in [6.45, 7) is 2.96. The Morgan fingerprint density at radius 3 is 2.37 bits per heavy atom. The number of nitrogens with zero attached hydrogens (tertiary/aromatic N) is 3. The molecule has 200 valence electrons. The smallest absolute Gasteiger partial charge is 0.254 e. The van der Waals surface area contributed by atoms with Gasteiger partial charge in [-0.3, -0.25) is 4.79 Å². The van der Waals surface area contributed by atoms with Crippen molar-refractivity contribution < 1.29 is 13.2 Å². The molecule has 0 N–H and O–H groups in total. The fourth-order valence-electron chi connectivity index (χ4n) is 6.03. The van der Waals surface area contributed by atoms with Crippen molar-refractivity contribution >= 4 is 27.5 Å². The maximum atomic E-state index is 13.2. The van der Waals surface area contributed by atoms with Gasteiger partial charge >= 0.3 is 0 Å². The molecule has 8 heteroatoms. The monoisotopic (exact) mass is 551 g/mol. The second-order valence-corrected chi connectivity index (χ2v) is 12.9. The maximum absolute atomic E-state index is 13.2. The van der Waals surface area contributed by atoms with Crippen molar-refractivity contribution in [1.29, 1.82) is 0 Å². The molecule has 0 saturated carbocycles. The molecule has 1 fully saturated rings. The van der Waals surface area contributed by atoms with Crippen LogP contribution in [0, 0.1) is 0 Å². The van der Waals surface area contributed by atoms with E-state index in [-0.39, 0.29) is 17.4 Å². The minimum atomic E-state index is -3.60. The van der Waals surface area contributed by atoms with Gasteiger partial charge in [-0.15, -0.1) is 0 Å². The van der Waals surface area contributed by atoms with Gasteiger partial charge in [0.25, 0.3) is 5.91 Å². The Morgan fingerprint density at radius 2 is 1.66 bits per heavy atom. The molecule has 3 aromatic rings. The van der Waals surface area contributed by atoms with E-state index >= 15 is 0 Å². The Morgan fingerprint density at radius 1 is 0.974 bits per heavy atom. The number of benzene rings is 3. The molecule has 6 nitrogen and oxygen atoms in total. The van der Waals surface area contributed by atoms with Crippen LogP contribution in [0.25, 0.3) is 0 Å². The van der Waals surface area contributed by atoms with E-state index in [0.29, 0.717) is 16.5 Å². The summed E-state index contributed by atoms with van der Waals surface area (Å²) < 4.78 is 27.9. The zero-order valence-corrected chi connectivity index (χ0v) is 23.5. The summed E-state index contributed by atoms with van der Waals surface area (Å²) >= 11 is 6.32. The van der Waals surface area contributed by atoms with Crippen LogP contribution in [-0.2, 0) is 15.6 Å².